The number of aryl methyl sites for hydroxylation is 1. The van der Waals surface area contributed by atoms with Crippen LogP contribution in [0.1, 0.15) is 34.8 Å². The zero-order chi connectivity index (χ0) is 18.0. The third-order valence-electron chi connectivity index (χ3n) is 3.54. The minimum absolute atomic E-state index is 0.107. The molecular weight excluding hydrogens is 363 g/mol. The van der Waals surface area contributed by atoms with Crippen molar-refractivity contribution >= 4 is 29.2 Å². The number of ether oxygens (including phenoxy) is 1. The molecule has 0 unspecified atom stereocenters. The fourth-order valence-electron chi connectivity index (χ4n) is 2.17. The van der Waals surface area contributed by atoms with E-state index in [1.807, 2.05) is 31.2 Å². The van der Waals surface area contributed by atoms with Crippen LogP contribution < -0.4 is 0 Å². The van der Waals surface area contributed by atoms with Crippen LogP contribution >= 0.6 is 23.2 Å². The first kappa shape index (κ1) is 17.5. The van der Waals surface area contributed by atoms with Crippen LogP contribution in [-0.4, -0.2) is 16.2 Å². The highest BCUT2D eigenvalue weighted by molar-refractivity contribution is 6.39. The van der Waals surface area contributed by atoms with Gasteiger partial charge in [-0.05, 0) is 38.1 Å². The number of halogens is 2. The Labute approximate surface area is 154 Å². The van der Waals surface area contributed by atoms with Crippen molar-refractivity contribution in [3.63, 3.8) is 0 Å². The summed E-state index contributed by atoms with van der Waals surface area (Å²) in [6.45, 7) is 3.62. The predicted molar refractivity (Wildman–Crippen MR) is 94.8 cm³/mol. The van der Waals surface area contributed by atoms with E-state index in [9.17, 15) is 4.79 Å². The first-order valence-corrected chi connectivity index (χ1v) is 8.26. The minimum atomic E-state index is -0.744. The highest BCUT2D eigenvalue weighted by Gasteiger charge is 2.23. The Morgan fingerprint density at radius 1 is 1.08 bits per heavy atom. The first-order chi connectivity index (χ1) is 12.0. The van der Waals surface area contributed by atoms with Gasteiger partial charge in [0.2, 0.25) is 5.89 Å². The first-order valence-electron chi connectivity index (χ1n) is 7.51. The highest BCUT2D eigenvalue weighted by atomic mass is 35.5. The molecule has 0 aliphatic carbocycles. The van der Waals surface area contributed by atoms with Gasteiger partial charge in [0, 0.05) is 5.56 Å². The fraction of sp³-hybridized carbons (Fsp3) is 0.167. The van der Waals surface area contributed by atoms with Crippen molar-refractivity contribution in [1.82, 2.24) is 10.2 Å². The molecule has 5 nitrogen and oxygen atoms in total. The number of hydrogen-bond acceptors (Lipinski definition) is 5. The van der Waals surface area contributed by atoms with Crippen molar-refractivity contribution in [3.8, 4) is 11.5 Å². The second-order valence-electron chi connectivity index (χ2n) is 5.46. The van der Waals surface area contributed by atoms with Gasteiger partial charge in [0.05, 0.1) is 15.6 Å². The van der Waals surface area contributed by atoms with Crippen molar-refractivity contribution in [2.45, 2.75) is 20.0 Å². The van der Waals surface area contributed by atoms with Crippen molar-refractivity contribution < 1.29 is 13.9 Å². The number of esters is 1. The molecule has 1 aromatic heterocycles. The average molecular weight is 377 g/mol. The highest BCUT2D eigenvalue weighted by Crippen LogP contribution is 2.28. The summed E-state index contributed by atoms with van der Waals surface area (Å²) in [7, 11) is 0. The number of rotatable bonds is 4. The molecule has 7 heteroatoms. The van der Waals surface area contributed by atoms with Gasteiger partial charge >= 0.3 is 5.97 Å². The Bertz CT molecular complexity index is 887. The van der Waals surface area contributed by atoms with Gasteiger partial charge in [-0.1, -0.05) is 47.0 Å². The average Bonchev–Trinajstić information content (AvgIpc) is 3.05. The van der Waals surface area contributed by atoms with E-state index in [0.717, 1.165) is 11.1 Å². The van der Waals surface area contributed by atoms with Crippen molar-refractivity contribution in [1.29, 1.82) is 0 Å². The zero-order valence-electron chi connectivity index (χ0n) is 13.5. The van der Waals surface area contributed by atoms with Crippen molar-refractivity contribution in [3.05, 3.63) is 69.5 Å². The number of nitrogens with zero attached hydrogens (tertiary/aromatic N) is 2. The van der Waals surface area contributed by atoms with Crippen LogP contribution in [0.15, 0.2) is 46.9 Å². The predicted octanol–water partition coefficient (Wildman–Crippen LogP) is 5.27. The lowest BCUT2D eigenvalue weighted by Gasteiger charge is -2.11. The molecule has 0 aliphatic rings. The molecule has 0 saturated carbocycles. The largest absolute Gasteiger partial charge is 0.449 e. The van der Waals surface area contributed by atoms with Gasteiger partial charge < -0.3 is 9.15 Å². The topological polar surface area (TPSA) is 65.2 Å². The SMILES string of the molecule is Cc1ccc(-c2nnc([C@@H](C)OC(=O)c3c(Cl)cccc3Cl)o2)cc1. The van der Waals surface area contributed by atoms with Gasteiger partial charge in [0.1, 0.15) is 0 Å². The third-order valence-corrected chi connectivity index (χ3v) is 4.17. The quantitative estimate of drug-likeness (QED) is 0.580. The van der Waals surface area contributed by atoms with Crippen LogP contribution in [0.25, 0.3) is 11.5 Å². The molecule has 0 amide bonds. The summed E-state index contributed by atoms with van der Waals surface area (Å²) in [4.78, 5) is 12.3. The van der Waals surface area contributed by atoms with Crippen LogP contribution in [-0.2, 0) is 4.74 Å². The summed E-state index contributed by atoms with van der Waals surface area (Å²) in [6, 6.07) is 12.4. The van der Waals surface area contributed by atoms with Crippen LogP contribution in [0.2, 0.25) is 10.0 Å². The summed E-state index contributed by atoms with van der Waals surface area (Å²) < 4.78 is 11.0. The number of hydrogen-bond donors (Lipinski definition) is 0. The van der Waals surface area contributed by atoms with E-state index in [1.54, 1.807) is 25.1 Å². The lowest BCUT2D eigenvalue weighted by atomic mass is 10.1. The lowest BCUT2D eigenvalue weighted by molar-refractivity contribution is 0.0280. The molecule has 128 valence electrons. The maximum absolute atomic E-state index is 12.3. The second-order valence-corrected chi connectivity index (χ2v) is 6.27. The van der Waals surface area contributed by atoms with Crippen LogP contribution in [0, 0.1) is 6.92 Å². The lowest BCUT2D eigenvalue weighted by Crippen LogP contribution is -2.10. The van der Waals surface area contributed by atoms with Gasteiger partial charge in [-0.25, -0.2) is 4.79 Å². The van der Waals surface area contributed by atoms with E-state index in [2.05, 4.69) is 10.2 Å². The van der Waals surface area contributed by atoms with Gasteiger partial charge in [-0.15, -0.1) is 10.2 Å². The summed E-state index contributed by atoms with van der Waals surface area (Å²) in [6.07, 6.45) is -0.744. The summed E-state index contributed by atoms with van der Waals surface area (Å²) in [5.74, 6) is -0.112. The summed E-state index contributed by atoms with van der Waals surface area (Å²) >= 11 is 12.0. The molecule has 0 aliphatic heterocycles. The standard InChI is InChI=1S/C18H14Cl2N2O3/c1-10-6-8-12(9-7-10)17-22-21-16(25-17)11(2)24-18(23)15-13(19)4-3-5-14(15)20/h3-9,11H,1-2H3/t11-/m1/s1. The molecule has 3 aromatic rings. The van der Waals surface area contributed by atoms with Crippen LogP contribution in [0.5, 0.6) is 0 Å². The maximum atomic E-state index is 12.3. The number of carbonyl (C=O) groups is 1. The van der Waals surface area contributed by atoms with Crippen molar-refractivity contribution in [2.75, 3.05) is 0 Å². The molecule has 3 rings (SSSR count). The Balaban J connectivity index is 1.77. The molecule has 0 fully saturated rings. The van der Waals surface area contributed by atoms with E-state index in [-0.39, 0.29) is 21.5 Å². The summed E-state index contributed by atoms with van der Waals surface area (Å²) in [5.41, 5.74) is 2.02. The van der Waals surface area contributed by atoms with Crippen LogP contribution in [0.3, 0.4) is 0 Å². The molecule has 1 atom stereocenters. The number of carbonyl (C=O) groups excluding carboxylic acids is 1. The second kappa shape index (κ2) is 7.25. The third kappa shape index (κ3) is 3.83. The smallest absolute Gasteiger partial charge is 0.341 e. The molecule has 0 bridgehead atoms. The van der Waals surface area contributed by atoms with Crippen molar-refractivity contribution in [2.24, 2.45) is 0 Å². The molecular formula is C18H14Cl2N2O3. The normalized spacial score (nSPS) is 12.0. The van der Waals surface area contributed by atoms with E-state index in [1.165, 1.54) is 0 Å². The fourth-order valence-corrected chi connectivity index (χ4v) is 2.73. The Morgan fingerprint density at radius 3 is 2.36 bits per heavy atom. The zero-order valence-corrected chi connectivity index (χ0v) is 15.0. The Morgan fingerprint density at radius 2 is 1.72 bits per heavy atom. The maximum Gasteiger partial charge on any atom is 0.341 e. The monoisotopic (exact) mass is 376 g/mol. The van der Waals surface area contributed by atoms with E-state index in [0.29, 0.717) is 5.89 Å². The number of benzene rings is 2. The molecule has 0 saturated heterocycles. The van der Waals surface area contributed by atoms with E-state index in [4.69, 9.17) is 32.4 Å². The molecule has 1 heterocycles. The molecule has 0 radical (unpaired) electrons. The van der Waals surface area contributed by atoms with Gasteiger partial charge in [0.15, 0.2) is 6.10 Å². The van der Waals surface area contributed by atoms with E-state index >= 15 is 0 Å². The van der Waals surface area contributed by atoms with Gasteiger partial charge in [-0.2, -0.15) is 0 Å². The van der Waals surface area contributed by atoms with Crippen LogP contribution in [0.4, 0.5) is 0 Å². The minimum Gasteiger partial charge on any atom is -0.449 e. The molecule has 2 aromatic carbocycles. The van der Waals surface area contributed by atoms with Gasteiger partial charge in [-0.3, -0.25) is 0 Å². The molecule has 0 N–H and O–H groups in total. The Hall–Kier alpha value is -2.37. The summed E-state index contributed by atoms with van der Waals surface area (Å²) in [5, 5.41) is 8.38. The number of aromatic nitrogens is 2. The van der Waals surface area contributed by atoms with E-state index < -0.39 is 12.1 Å². The Kier molecular flexibility index (Phi) is 5.06. The van der Waals surface area contributed by atoms with Gasteiger partial charge in [0.25, 0.3) is 5.89 Å². The molecule has 25 heavy (non-hydrogen) atoms. The molecule has 0 spiro atoms.